The molecule has 1 N–H and O–H groups in total. The molecule has 1 heteroatoms. The van der Waals surface area contributed by atoms with E-state index in [0.717, 1.165) is 6.54 Å². The molecule has 1 aliphatic rings. The predicted molar refractivity (Wildman–Crippen MR) is 72.3 cm³/mol. The van der Waals surface area contributed by atoms with Crippen LogP contribution in [0.25, 0.3) is 0 Å². The molecular weight excluding hydrogens is 194 g/mol. The number of rotatable bonds is 5. The van der Waals surface area contributed by atoms with Crippen LogP contribution in [0, 0.1) is 11.8 Å². The van der Waals surface area contributed by atoms with Crippen LogP contribution in [0.3, 0.4) is 0 Å². The molecule has 0 saturated heterocycles. The summed E-state index contributed by atoms with van der Waals surface area (Å²) in [5.74, 6) is 1.30. The van der Waals surface area contributed by atoms with Gasteiger partial charge in [0.1, 0.15) is 0 Å². The minimum Gasteiger partial charge on any atom is -0.385 e. The Hall–Kier alpha value is -0.720. The van der Waals surface area contributed by atoms with Crippen LogP contribution >= 0.6 is 0 Å². The highest BCUT2D eigenvalue weighted by Crippen LogP contribution is 2.32. The Kier molecular flexibility index (Phi) is 5.11. The molecule has 92 valence electrons. The van der Waals surface area contributed by atoms with Crippen molar-refractivity contribution in [2.45, 2.75) is 53.9 Å². The van der Waals surface area contributed by atoms with Crippen molar-refractivity contribution in [3.63, 3.8) is 0 Å². The summed E-state index contributed by atoms with van der Waals surface area (Å²) < 4.78 is 0. The molecule has 0 saturated carbocycles. The number of hydrogen-bond acceptors (Lipinski definition) is 1. The van der Waals surface area contributed by atoms with E-state index in [-0.39, 0.29) is 0 Å². The molecule has 0 aromatic carbocycles. The van der Waals surface area contributed by atoms with Gasteiger partial charge in [0.15, 0.2) is 0 Å². The Morgan fingerprint density at radius 3 is 2.38 bits per heavy atom. The third-order valence-electron chi connectivity index (χ3n) is 3.26. The molecule has 1 rings (SSSR count). The lowest BCUT2D eigenvalue weighted by atomic mass is 9.84. The first kappa shape index (κ1) is 13.3. The maximum absolute atomic E-state index is 3.65. The van der Waals surface area contributed by atoms with Crippen molar-refractivity contribution in [2.24, 2.45) is 11.8 Å². The monoisotopic (exact) mass is 221 g/mol. The summed E-state index contributed by atoms with van der Waals surface area (Å²) in [6.07, 6.45) is 6.08. The second kappa shape index (κ2) is 6.12. The summed E-state index contributed by atoms with van der Waals surface area (Å²) in [4.78, 5) is 0. The van der Waals surface area contributed by atoms with Crippen molar-refractivity contribution < 1.29 is 0 Å². The first-order valence-electron chi connectivity index (χ1n) is 6.75. The van der Waals surface area contributed by atoms with Gasteiger partial charge in [-0.3, -0.25) is 0 Å². The molecule has 0 aliphatic heterocycles. The molecule has 0 atom stereocenters. The molecule has 0 amide bonds. The van der Waals surface area contributed by atoms with Crippen LogP contribution in [-0.4, -0.2) is 6.54 Å². The van der Waals surface area contributed by atoms with Crippen molar-refractivity contribution >= 4 is 0 Å². The van der Waals surface area contributed by atoms with Crippen molar-refractivity contribution in [1.82, 2.24) is 5.32 Å². The number of hydrogen-bond donors (Lipinski definition) is 1. The average molecular weight is 221 g/mol. The molecule has 0 radical (unpaired) electrons. The first-order chi connectivity index (χ1) is 7.57. The van der Waals surface area contributed by atoms with E-state index in [0.29, 0.717) is 11.8 Å². The average Bonchev–Trinajstić information content (AvgIpc) is 2.25. The molecule has 1 aliphatic carbocycles. The van der Waals surface area contributed by atoms with Crippen LogP contribution in [-0.2, 0) is 0 Å². The maximum atomic E-state index is 3.65. The van der Waals surface area contributed by atoms with Gasteiger partial charge >= 0.3 is 0 Å². The SMILES string of the molecule is CCCNC1=C(C(C)C)CCC=C1C(C)C. The van der Waals surface area contributed by atoms with Crippen LogP contribution in [0.5, 0.6) is 0 Å². The van der Waals surface area contributed by atoms with E-state index in [1.807, 2.05) is 0 Å². The van der Waals surface area contributed by atoms with Crippen LogP contribution in [0.4, 0.5) is 0 Å². The molecule has 1 nitrogen and oxygen atoms in total. The fraction of sp³-hybridized carbons (Fsp3) is 0.733. The quantitative estimate of drug-likeness (QED) is 0.731. The Morgan fingerprint density at radius 2 is 1.88 bits per heavy atom. The minimum absolute atomic E-state index is 0.633. The minimum atomic E-state index is 0.633. The van der Waals surface area contributed by atoms with E-state index in [1.165, 1.54) is 30.5 Å². The molecule has 0 fully saturated rings. The van der Waals surface area contributed by atoms with Gasteiger partial charge < -0.3 is 5.32 Å². The van der Waals surface area contributed by atoms with E-state index < -0.39 is 0 Å². The smallest absolute Gasteiger partial charge is 0.0366 e. The van der Waals surface area contributed by atoms with Gasteiger partial charge in [-0.05, 0) is 42.2 Å². The molecule has 0 unspecified atom stereocenters. The molecule has 16 heavy (non-hydrogen) atoms. The molecule has 0 bridgehead atoms. The maximum Gasteiger partial charge on any atom is 0.0366 e. The third kappa shape index (κ3) is 3.13. The summed E-state index contributed by atoms with van der Waals surface area (Å²) in [7, 11) is 0. The highest BCUT2D eigenvalue weighted by molar-refractivity contribution is 5.39. The summed E-state index contributed by atoms with van der Waals surface area (Å²) in [6, 6.07) is 0. The van der Waals surface area contributed by atoms with E-state index in [1.54, 1.807) is 5.57 Å². The lowest BCUT2D eigenvalue weighted by molar-refractivity contribution is 0.626. The Labute approximate surface area is 101 Å². The lowest BCUT2D eigenvalue weighted by Gasteiger charge is -2.27. The van der Waals surface area contributed by atoms with Crippen molar-refractivity contribution in [1.29, 1.82) is 0 Å². The largest absolute Gasteiger partial charge is 0.385 e. The van der Waals surface area contributed by atoms with Gasteiger partial charge in [-0.1, -0.05) is 40.7 Å². The van der Waals surface area contributed by atoms with E-state index >= 15 is 0 Å². The van der Waals surface area contributed by atoms with Crippen molar-refractivity contribution in [2.75, 3.05) is 6.54 Å². The Morgan fingerprint density at radius 1 is 1.19 bits per heavy atom. The summed E-state index contributed by atoms with van der Waals surface area (Å²) in [5.41, 5.74) is 4.61. The van der Waals surface area contributed by atoms with Gasteiger partial charge in [0, 0.05) is 12.2 Å². The Balaban J connectivity index is 2.96. The number of allylic oxidation sites excluding steroid dienone is 3. The van der Waals surface area contributed by atoms with Crippen LogP contribution in [0.15, 0.2) is 22.9 Å². The van der Waals surface area contributed by atoms with E-state index in [9.17, 15) is 0 Å². The fourth-order valence-corrected chi connectivity index (χ4v) is 2.36. The first-order valence-corrected chi connectivity index (χ1v) is 6.75. The Bertz CT molecular complexity index is 282. The summed E-state index contributed by atoms with van der Waals surface area (Å²) in [5, 5.41) is 3.65. The van der Waals surface area contributed by atoms with E-state index in [2.05, 4.69) is 46.0 Å². The van der Waals surface area contributed by atoms with Gasteiger partial charge in [0.25, 0.3) is 0 Å². The molecule has 0 aromatic heterocycles. The van der Waals surface area contributed by atoms with Gasteiger partial charge in [-0.15, -0.1) is 0 Å². The normalized spacial score (nSPS) is 17.1. The topological polar surface area (TPSA) is 12.0 Å². The van der Waals surface area contributed by atoms with Crippen molar-refractivity contribution in [3.8, 4) is 0 Å². The standard InChI is InChI=1S/C15H27N/c1-6-10-16-15-13(11(2)3)8-7-9-14(15)12(4)5/h8,11-12,16H,6-7,9-10H2,1-5H3. The zero-order valence-corrected chi connectivity index (χ0v) is 11.6. The zero-order valence-electron chi connectivity index (χ0n) is 11.6. The molecule has 0 aromatic rings. The zero-order chi connectivity index (χ0) is 12.1. The van der Waals surface area contributed by atoms with Crippen molar-refractivity contribution in [3.05, 3.63) is 22.9 Å². The highest BCUT2D eigenvalue weighted by atomic mass is 14.9. The van der Waals surface area contributed by atoms with Gasteiger partial charge in [-0.25, -0.2) is 0 Å². The summed E-state index contributed by atoms with van der Waals surface area (Å²) in [6.45, 7) is 12.5. The highest BCUT2D eigenvalue weighted by Gasteiger charge is 2.19. The van der Waals surface area contributed by atoms with Gasteiger partial charge in [0.05, 0.1) is 0 Å². The third-order valence-corrected chi connectivity index (χ3v) is 3.26. The summed E-state index contributed by atoms with van der Waals surface area (Å²) >= 11 is 0. The van der Waals surface area contributed by atoms with Gasteiger partial charge in [0.2, 0.25) is 0 Å². The second-order valence-corrected chi connectivity index (χ2v) is 5.33. The number of nitrogens with one attached hydrogen (secondary N) is 1. The van der Waals surface area contributed by atoms with E-state index in [4.69, 9.17) is 0 Å². The van der Waals surface area contributed by atoms with Crippen LogP contribution in [0.2, 0.25) is 0 Å². The molecule has 0 heterocycles. The van der Waals surface area contributed by atoms with Crippen LogP contribution in [0.1, 0.15) is 53.9 Å². The predicted octanol–water partition coefficient (Wildman–Crippen LogP) is 4.27. The van der Waals surface area contributed by atoms with Gasteiger partial charge in [-0.2, -0.15) is 0 Å². The second-order valence-electron chi connectivity index (χ2n) is 5.33. The van der Waals surface area contributed by atoms with Crippen LogP contribution < -0.4 is 5.32 Å². The molecule has 0 spiro atoms. The molecular formula is C15H27N. The fourth-order valence-electron chi connectivity index (χ4n) is 2.36. The lowest BCUT2D eigenvalue weighted by Crippen LogP contribution is -2.23.